The van der Waals surface area contributed by atoms with E-state index >= 15 is 0 Å². The molecule has 8 nitrogen and oxygen atoms in total. The van der Waals surface area contributed by atoms with E-state index in [0.717, 1.165) is 0 Å². The minimum atomic E-state index is -0.362. The lowest BCUT2D eigenvalue weighted by Crippen LogP contribution is -1.90. The van der Waals surface area contributed by atoms with E-state index in [1.807, 2.05) is 0 Å². The Morgan fingerprint density at radius 2 is 2.42 bits per heavy atom. The van der Waals surface area contributed by atoms with Gasteiger partial charge in [0.15, 0.2) is 10.9 Å². The highest BCUT2D eigenvalue weighted by molar-refractivity contribution is 6.69. The molecule has 0 fully saturated rings. The minimum absolute atomic E-state index is 0.114. The molecule has 0 saturated carbocycles. The van der Waals surface area contributed by atoms with Crippen molar-refractivity contribution >= 4 is 22.6 Å². The molecule has 62 valence electrons. The van der Waals surface area contributed by atoms with Crippen LogP contribution >= 0.6 is 11.6 Å². The van der Waals surface area contributed by atoms with Crippen molar-refractivity contribution in [2.75, 3.05) is 0 Å². The van der Waals surface area contributed by atoms with Gasteiger partial charge in [-0.1, -0.05) is 16.8 Å². The Hall–Kier alpha value is -1.79. The topological polar surface area (TPSA) is 120 Å². The van der Waals surface area contributed by atoms with E-state index in [0.29, 0.717) is 0 Å². The van der Waals surface area contributed by atoms with Crippen LogP contribution in [0, 0.1) is 0 Å². The highest BCUT2D eigenvalue weighted by Gasteiger charge is 2.13. The normalized spacial score (nSPS) is 10.9. The lowest BCUT2D eigenvalue weighted by Gasteiger charge is -1.84. The van der Waals surface area contributed by atoms with Crippen molar-refractivity contribution in [2.24, 2.45) is 10.3 Å². The van der Waals surface area contributed by atoms with E-state index in [1.54, 1.807) is 0 Å². The van der Waals surface area contributed by atoms with Gasteiger partial charge in [-0.25, -0.2) is 4.63 Å². The maximum atomic E-state index is 8.21. The molecule has 0 aliphatic heterocycles. The van der Waals surface area contributed by atoms with E-state index in [-0.39, 0.29) is 16.7 Å². The number of oxime groups is 1. The van der Waals surface area contributed by atoms with E-state index in [4.69, 9.17) is 22.3 Å². The molecule has 0 aliphatic rings. The highest BCUT2D eigenvalue weighted by atomic mass is 35.5. The standard InChI is InChI=1S/C3HClN6O2/c4-2(7-11)1-3(6-10-5)9-12-8-1/h11H/b7-2-. The van der Waals surface area contributed by atoms with Gasteiger partial charge in [-0.15, -0.1) is 0 Å². The van der Waals surface area contributed by atoms with Crippen LogP contribution in [0.4, 0.5) is 5.82 Å². The molecule has 0 radical (unpaired) electrons. The van der Waals surface area contributed by atoms with Crippen LogP contribution < -0.4 is 0 Å². The fraction of sp³-hybridized carbons (Fsp3) is 0. The number of halogens is 1. The molecular weight excluding hydrogens is 188 g/mol. The summed E-state index contributed by atoms with van der Waals surface area (Å²) in [5.74, 6) is -0.180. The Bertz CT molecular complexity index is 351. The third-order valence-corrected chi connectivity index (χ3v) is 1.15. The van der Waals surface area contributed by atoms with Crippen molar-refractivity contribution in [3.8, 4) is 0 Å². The van der Waals surface area contributed by atoms with Crippen LogP contribution in [0.5, 0.6) is 0 Å². The van der Waals surface area contributed by atoms with Crippen LogP contribution in [0.2, 0.25) is 0 Å². The first kappa shape index (κ1) is 8.31. The molecule has 0 aromatic carbocycles. The lowest BCUT2D eigenvalue weighted by molar-refractivity contribution is 0.305. The number of rotatable bonds is 2. The van der Waals surface area contributed by atoms with Gasteiger partial charge in [0.25, 0.3) is 0 Å². The molecule has 0 atom stereocenters. The summed E-state index contributed by atoms with van der Waals surface area (Å²) in [6.07, 6.45) is 0. The molecule has 0 spiro atoms. The van der Waals surface area contributed by atoms with Gasteiger partial charge in [-0.05, 0) is 21.0 Å². The summed E-state index contributed by atoms with van der Waals surface area (Å²) in [7, 11) is 0. The zero-order chi connectivity index (χ0) is 8.97. The third-order valence-electron chi connectivity index (χ3n) is 0.894. The molecule has 0 amide bonds. The molecule has 0 bridgehead atoms. The Balaban J connectivity index is 3.15. The average molecular weight is 189 g/mol. The van der Waals surface area contributed by atoms with Crippen molar-refractivity contribution in [3.63, 3.8) is 0 Å². The smallest absolute Gasteiger partial charge is 0.201 e. The molecular formula is C3HClN6O2. The highest BCUT2D eigenvalue weighted by Crippen LogP contribution is 2.15. The molecule has 0 aliphatic carbocycles. The third kappa shape index (κ3) is 1.44. The largest absolute Gasteiger partial charge is 0.410 e. The van der Waals surface area contributed by atoms with Crippen molar-refractivity contribution in [1.82, 2.24) is 10.3 Å². The summed E-state index contributed by atoms with van der Waals surface area (Å²) in [5.41, 5.74) is 7.91. The van der Waals surface area contributed by atoms with Crippen LogP contribution in [0.15, 0.2) is 14.9 Å². The van der Waals surface area contributed by atoms with Gasteiger partial charge < -0.3 is 5.21 Å². The number of hydrogen-bond donors (Lipinski definition) is 1. The van der Waals surface area contributed by atoms with Gasteiger partial charge in [0, 0.05) is 4.91 Å². The van der Waals surface area contributed by atoms with Gasteiger partial charge in [0.05, 0.1) is 0 Å². The molecule has 0 unspecified atom stereocenters. The van der Waals surface area contributed by atoms with E-state index in [9.17, 15) is 0 Å². The lowest BCUT2D eigenvalue weighted by atomic mass is 10.5. The van der Waals surface area contributed by atoms with Crippen molar-refractivity contribution in [1.29, 1.82) is 0 Å². The predicted molar refractivity (Wildman–Crippen MR) is 37.3 cm³/mol. The quantitative estimate of drug-likeness (QED) is 0.188. The fourth-order valence-electron chi connectivity index (χ4n) is 0.469. The Kier molecular flexibility index (Phi) is 2.46. The van der Waals surface area contributed by atoms with E-state index in [1.165, 1.54) is 0 Å². The molecule has 12 heavy (non-hydrogen) atoms. The molecule has 1 aromatic rings. The Morgan fingerprint density at radius 1 is 1.67 bits per heavy atom. The zero-order valence-corrected chi connectivity index (χ0v) is 6.17. The summed E-state index contributed by atoms with van der Waals surface area (Å²) >= 11 is 5.33. The van der Waals surface area contributed by atoms with Gasteiger partial charge in [-0.2, -0.15) is 0 Å². The van der Waals surface area contributed by atoms with Crippen LogP contribution in [0.1, 0.15) is 5.69 Å². The first-order valence-electron chi connectivity index (χ1n) is 2.55. The maximum Gasteiger partial charge on any atom is 0.201 e. The minimum Gasteiger partial charge on any atom is -0.410 e. The molecule has 1 N–H and O–H groups in total. The van der Waals surface area contributed by atoms with Crippen molar-refractivity contribution in [3.05, 3.63) is 16.1 Å². The van der Waals surface area contributed by atoms with Crippen LogP contribution in [-0.4, -0.2) is 20.7 Å². The number of hydrogen-bond acceptors (Lipinski definition) is 6. The molecule has 1 heterocycles. The van der Waals surface area contributed by atoms with Crippen LogP contribution in [-0.2, 0) is 0 Å². The summed E-state index contributed by atoms with van der Waals surface area (Å²) in [5, 5.41) is 20.0. The second kappa shape index (κ2) is 3.56. The van der Waals surface area contributed by atoms with Gasteiger partial charge in [-0.3, -0.25) is 0 Å². The van der Waals surface area contributed by atoms with Crippen molar-refractivity contribution in [2.45, 2.75) is 0 Å². The SMILES string of the molecule is [N-]=[N+]=Nc1nonc1/C(Cl)=N/O. The molecule has 1 aromatic heterocycles. The van der Waals surface area contributed by atoms with Gasteiger partial charge in [0.1, 0.15) is 0 Å². The molecule has 1 rings (SSSR count). The molecule has 0 saturated heterocycles. The van der Waals surface area contributed by atoms with Crippen molar-refractivity contribution < 1.29 is 9.84 Å². The molecule has 9 heteroatoms. The summed E-state index contributed by atoms with van der Waals surface area (Å²) in [6.45, 7) is 0. The van der Waals surface area contributed by atoms with E-state index < -0.39 is 0 Å². The second-order valence-electron chi connectivity index (χ2n) is 1.52. The van der Waals surface area contributed by atoms with Gasteiger partial charge in [0.2, 0.25) is 5.82 Å². The number of aromatic nitrogens is 2. The first-order valence-corrected chi connectivity index (χ1v) is 2.93. The second-order valence-corrected chi connectivity index (χ2v) is 1.87. The van der Waals surface area contributed by atoms with Crippen LogP contribution in [0.3, 0.4) is 0 Å². The Morgan fingerprint density at radius 3 is 3.00 bits per heavy atom. The van der Waals surface area contributed by atoms with E-state index in [2.05, 4.69) is 30.1 Å². The predicted octanol–water partition coefficient (Wildman–Crippen LogP) is 1.39. The maximum absolute atomic E-state index is 8.21. The summed E-state index contributed by atoms with van der Waals surface area (Å²) in [4.78, 5) is 2.42. The first-order chi connectivity index (χ1) is 5.79. The fourth-order valence-corrected chi connectivity index (χ4v) is 0.588. The number of nitrogens with zero attached hydrogens (tertiary/aromatic N) is 6. The van der Waals surface area contributed by atoms with Crippen LogP contribution in [0.25, 0.3) is 10.4 Å². The monoisotopic (exact) mass is 188 g/mol. The summed E-state index contributed by atoms with van der Waals surface area (Å²) < 4.78 is 4.18. The van der Waals surface area contributed by atoms with Gasteiger partial charge >= 0.3 is 0 Å². The zero-order valence-electron chi connectivity index (χ0n) is 5.42. The number of azide groups is 1. The summed E-state index contributed by atoms with van der Waals surface area (Å²) in [6, 6.07) is 0. The average Bonchev–Trinajstić information content (AvgIpc) is 2.52. The Labute approximate surface area is 70.0 Å².